The summed E-state index contributed by atoms with van der Waals surface area (Å²) in [6.07, 6.45) is 1.18. The van der Waals surface area contributed by atoms with Crippen LogP contribution in [0.15, 0.2) is 60.7 Å². The highest BCUT2D eigenvalue weighted by atomic mass is 16.3. The molecule has 1 amide bonds. The summed E-state index contributed by atoms with van der Waals surface area (Å²) in [4.78, 5) is 12.2. The maximum Gasteiger partial charge on any atom is 0.251 e. The molecule has 0 aliphatic carbocycles. The maximum atomic E-state index is 12.2. The lowest BCUT2D eigenvalue weighted by Crippen LogP contribution is -2.33. The fourth-order valence-electron chi connectivity index (χ4n) is 2.57. The third kappa shape index (κ3) is 4.43. The Hall–Kier alpha value is -2.13. The zero-order chi connectivity index (χ0) is 15.8. The van der Waals surface area contributed by atoms with E-state index in [4.69, 9.17) is 0 Å². The van der Waals surface area contributed by atoms with Gasteiger partial charge in [0.15, 0.2) is 0 Å². The Bertz CT molecular complexity index is 569. The fourth-order valence-corrected chi connectivity index (χ4v) is 2.57. The minimum atomic E-state index is -0.455. The standard InChI is InChI=1S/C19H23NO2/c1-2-9-18(21)17(15-10-5-3-6-11-15)14-20-19(22)16-12-7-4-8-13-16/h3-8,10-13,17-18,21H,2,9,14H2,1H3,(H,20,22)/t17-,18+/m0/s1. The van der Waals surface area contributed by atoms with Crippen LogP contribution >= 0.6 is 0 Å². The second-order valence-electron chi connectivity index (χ2n) is 5.45. The van der Waals surface area contributed by atoms with Gasteiger partial charge >= 0.3 is 0 Å². The summed E-state index contributed by atoms with van der Waals surface area (Å²) >= 11 is 0. The molecule has 0 unspecified atom stereocenters. The topological polar surface area (TPSA) is 49.3 Å². The lowest BCUT2D eigenvalue weighted by molar-refractivity contribution is 0.0925. The Morgan fingerprint density at radius 2 is 1.64 bits per heavy atom. The molecule has 0 aromatic heterocycles. The van der Waals surface area contributed by atoms with Gasteiger partial charge in [0.2, 0.25) is 0 Å². The Labute approximate surface area is 132 Å². The smallest absolute Gasteiger partial charge is 0.251 e. The minimum Gasteiger partial charge on any atom is -0.392 e. The lowest BCUT2D eigenvalue weighted by atomic mass is 9.91. The first-order valence-corrected chi connectivity index (χ1v) is 7.78. The summed E-state index contributed by atoms with van der Waals surface area (Å²) in [7, 11) is 0. The summed E-state index contributed by atoms with van der Waals surface area (Å²) in [6.45, 7) is 2.48. The Morgan fingerprint density at radius 3 is 2.23 bits per heavy atom. The number of benzene rings is 2. The highest BCUT2D eigenvalue weighted by molar-refractivity contribution is 5.94. The second kappa shape index (κ2) is 8.35. The average molecular weight is 297 g/mol. The van der Waals surface area contributed by atoms with Crippen LogP contribution in [0, 0.1) is 0 Å². The van der Waals surface area contributed by atoms with Crippen LogP contribution in [0.1, 0.15) is 41.6 Å². The third-order valence-corrected chi connectivity index (χ3v) is 3.80. The first-order chi connectivity index (χ1) is 10.7. The highest BCUT2D eigenvalue weighted by Gasteiger charge is 2.21. The lowest BCUT2D eigenvalue weighted by Gasteiger charge is -2.23. The van der Waals surface area contributed by atoms with Crippen LogP contribution in [-0.2, 0) is 0 Å². The van der Waals surface area contributed by atoms with E-state index < -0.39 is 6.10 Å². The number of hydrogen-bond donors (Lipinski definition) is 2. The van der Waals surface area contributed by atoms with Crippen molar-refractivity contribution in [2.45, 2.75) is 31.8 Å². The van der Waals surface area contributed by atoms with Gasteiger partial charge in [-0.25, -0.2) is 0 Å². The zero-order valence-electron chi connectivity index (χ0n) is 12.9. The summed E-state index contributed by atoms with van der Waals surface area (Å²) in [5.41, 5.74) is 1.69. The van der Waals surface area contributed by atoms with Crippen molar-refractivity contribution in [1.29, 1.82) is 0 Å². The molecule has 2 aromatic rings. The number of hydrogen-bond acceptors (Lipinski definition) is 2. The van der Waals surface area contributed by atoms with Crippen LogP contribution in [0.3, 0.4) is 0 Å². The second-order valence-corrected chi connectivity index (χ2v) is 5.45. The van der Waals surface area contributed by atoms with Crippen molar-refractivity contribution in [3.63, 3.8) is 0 Å². The van der Waals surface area contributed by atoms with E-state index >= 15 is 0 Å². The van der Waals surface area contributed by atoms with Crippen LogP contribution in [0.4, 0.5) is 0 Å². The third-order valence-electron chi connectivity index (χ3n) is 3.80. The van der Waals surface area contributed by atoms with Gasteiger partial charge in [0, 0.05) is 18.0 Å². The summed E-state index contributed by atoms with van der Waals surface area (Å²) in [6, 6.07) is 19.0. The monoisotopic (exact) mass is 297 g/mol. The molecule has 3 heteroatoms. The van der Waals surface area contributed by atoms with Gasteiger partial charge in [0.05, 0.1) is 6.10 Å². The van der Waals surface area contributed by atoms with Gasteiger partial charge in [0.1, 0.15) is 0 Å². The number of amides is 1. The van der Waals surface area contributed by atoms with Gasteiger partial charge < -0.3 is 10.4 Å². The van der Waals surface area contributed by atoms with Crippen LogP contribution in [0.2, 0.25) is 0 Å². The number of rotatable bonds is 7. The first kappa shape index (κ1) is 16.2. The van der Waals surface area contributed by atoms with E-state index in [1.165, 1.54) is 0 Å². The number of aliphatic hydroxyl groups excluding tert-OH is 1. The summed E-state index contributed by atoms with van der Waals surface area (Å²) < 4.78 is 0. The predicted molar refractivity (Wildman–Crippen MR) is 88.9 cm³/mol. The van der Waals surface area contributed by atoms with E-state index in [0.717, 1.165) is 18.4 Å². The summed E-state index contributed by atoms with van der Waals surface area (Å²) in [5.74, 6) is -0.195. The average Bonchev–Trinajstić information content (AvgIpc) is 2.57. The Morgan fingerprint density at radius 1 is 1.05 bits per heavy atom. The van der Waals surface area contributed by atoms with Crippen molar-refractivity contribution in [2.24, 2.45) is 0 Å². The van der Waals surface area contributed by atoms with E-state index in [0.29, 0.717) is 12.1 Å². The van der Waals surface area contributed by atoms with E-state index in [2.05, 4.69) is 5.32 Å². The van der Waals surface area contributed by atoms with Crippen molar-refractivity contribution >= 4 is 5.91 Å². The van der Waals surface area contributed by atoms with Gasteiger partial charge in [-0.1, -0.05) is 61.9 Å². The molecule has 0 heterocycles. The van der Waals surface area contributed by atoms with Crippen molar-refractivity contribution < 1.29 is 9.90 Å². The minimum absolute atomic E-state index is 0.0891. The number of aliphatic hydroxyl groups is 1. The molecule has 0 aliphatic heterocycles. The Balaban J connectivity index is 2.05. The number of carbonyl (C=O) groups excluding carboxylic acids is 1. The van der Waals surface area contributed by atoms with Gasteiger partial charge in [-0.3, -0.25) is 4.79 Å². The molecule has 0 bridgehead atoms. The van der Waals surface area contributed by atoms with Crippen molar-refractivity contribution in [1.82, 2.24) is 5.32 Å². The van der Waals surface area contributed by atoms with Crippen molar-refractivity contribution in [2.75, 3.05) is 6.54 Å². The molecule has 2 aromatic carbocycles. The molecule has 0 saturated heterocycles. The van der Waals surface area contributed by atoms with Gasteiger partial charge in [0.25, 0.3) is 5.91 Å². The van der Waals surface area contributed by atoms with Crippen LogP contribution in [-0.4, -0.2) is 23.7 Å². The molecule has 116 valence electrons. The van der Waals surface area contributed by atoms with Crippen molar-refractivity contribution in [3.8, 4) is 0 Å². The zero-order valence-corrected chi connectivity index (χ0v) is 12.9. The molecule has 3 nitrogen and oxygen atoms in total. The van der Waals surface area contributed by atoms with E-state index in [9.17, 15) is 9.90 Å². The number of nitrogens with one attached hydrogen (secondary N) is 1. The normalized spacial score (nSPS) is 13.4. The molecule has 0 radical (unpaired) electrons. The molecule has 0 spiro atoms. The molecule has 2 N–H and O–H groups in total. The Kier molecular flexibility index (Phi) is 6.16. The molecule has 0 saturated carbocycles. The largest absolute Gasteiger partial charge is 0.392 e. The van der Waals surface area contributed by atoms with Crippen molar-refractivity contribution in [3.05, 3.63) is 71.8 Å². The molecular formula is C19H23NO2. The quantitative estimate of drug-likeness (QED) is 0.823. The van der Waals surface area contributed by atoms with Crippen LogP contribution in [0.25, 0.3) is 0 Å². The molecular weight excluding hydrogens is 274 g/mol. The summed E-state index contributed by atoms with van der Waals surface area (Å²) in [5, 5.41) is 13.3. The highest BCUT2D eigenvalue weighted by Crippen LogP contribution is 2.22. The van der Waals surface area contributed by atoms with Gasteiger partial charge in [-0.2, -0.15) is 0 Å². The molecule has 0 aliphatic rings. The first-order valence-electron chi connectivity index (χ1n) is 7.78. The fraction of sp³-hybridized carbons (Fsp3) is 0.316. The number of carbonyl (C=O) groups is 1. The molecule has 2 atom stereocenters. The van der Waals surface area contributed by atoms with Crippen LogP contribution in [0.5, 0.6) is 0 Å². The molecule has 0 fully saturated rings. The van der Waals surface area contributed by atoms with E-state index in [-0.39, 0.29) is 11.8 Å². The predicted octanol–water partition coefficient (Wildman–Crippen LogP) is 3.36. The van der Waals surface area contributed by atoms with Gasteiger partial charge in [-0.15, -0.1) is 0 Å². The van der Waals surface area contributed by atoms with Gasteiger partial charge in [-0.05, 0) is 24.1 Å². The SMILES string of the molecule is CCC[C@@H](O)[C@@H](CNC(=O)c1ccccc1)c1ccccc1. The van der Waals surface area contributed by atoms with E-state index in [1.54, 1.807) is 12.1 Å². The maximum absolute atomic E-state index is 12.2. The van der Waals surface area contributed by atoms with Crippen LogP contribution < -0.4 is 5.32 Å². The molecule has 2 rings (SSSR count). The van der Waals surface area contributed by atoms with E-state index in [1.807, 2.05) is 55.5 Å². The molecule has 22 heavy (non-hydrogen) atoms.